The quantitative estimate of drug-likeness (QED) is 0.571. The first-order valence-corrected chi connectivity index (χ1v) is 10.1. The molecule has 0 fully saturated rings. The summed E-state index contributed by atoms with van der Waals surface area (Å²) < 4.78 is 11.9. The van der Waals surface area contributed by atoms with Crippen LogP contribution < -0.4 is 0 Å². The summed E-state index contributed by atoms with van der Waals surface area (Å²) in [6.07, 6.45) is 0. The lowest BCUT2D eigenvalue weighted by atomic mass is 9.82. The highest BCUT2D eigenvalue weighted by Gasteiger charge is 2.52. The Kier molecular flexibility index (Phi) is 4.28. The normalized spacial score (nSPS) is 15.9. The van der Waals surface area contributed by atoms with Crippen molar-refractivity contribution in [2.45, 2.75) is 19.4 Å². The summed E-state index contributed by atoms with van der Waals surface area (Å²) in [7, 11) is 0. The molecule has 30 heavy (non-hydrogen) atoms. The van der Waals surface area contributed by atoms with Crippen molar-refractivity contribution < 1.29 is 14.3 Å². The molecule has 4 heteroatoms. The lowest BCUT2D eigenvalue weighted by Crippen LogP contribution is -2.41. The van der Waals surface area contributed by atoms with E-state index >= 15 is 0 Å². The fraction of sp³-hybridized carbons (Fsp3) is 0.154. The molecule has 1 spiro atoms. The molecule has 3 aromatic rings. The van der Waals surface area contributed by atoms with E-state index in [4.69, 9.17) is 14.5 Å². The van der Waals surface area contributed by atoms with E-state index in [1.165, 1.54) is 0 Å². The van der Waals surface area contributed by atoms with Gasteiger partial charge < -0.3 is 9.47 Å². The summed E-state index contributed by atoms with van der Waals surface area (Å²) in [5.41, 5.74) is 5.16. The van der Waals surface area contributed by atoms with E-state index in [1.54, 1.807) is 13.8 Å². The van der Waals surface area contributed by atoms with Crippen molar-refractivity contribution in [2.75, 3.05) is 6.61 Å². The van der Waals surface area contributed by atoms with E-state index in [1.807, 2.05) is 54.6 Å². The van der Waals surface area contributed by atoms with Crippen molar-refractivity contribution in [2.24, 2.45) is 4.99 Å². The first-order chi connectivity index (χ1) is 14.7. The molecule has 0 atom stereocenters. The molecule has 1 heterocycles. The standard InChI is InChI=1S/C26H21NO3/c1-3-29-25(28)23-17(2)30-26(24(27-23)18-11-5-4-6-12-18)21-15-9-7-13-19(21)20-14-8-10-16-22(20)26/h4-16H,3H2,1-2H3. The van der Waals surface area contributed by atoms with Gasteiger partial charge in [-0.2, -0.15) is 0 Å². The van der Waals surface area contributed by atoms with E-state index in [2.05, 4.69) is 24.3 Å². The fourth-order valence-corrected chi connectivity index (χ4v) is 4.41. The Morgan fingerprint density at radius 2 is 1.47 bits per heavy atom. The van der Waals surface area contributed by atoms with Crippen molar-refractivity contribution in [3.05, 3.63) is 107 Å². The number of nitrogens with zero attached hydrogens (tertiary/aromatic N) is 1. The third kappa shape index (κ3) is 2.53. The predicted octanol–water partition coefficient (Wildman–Crippen LogP) is 5.22. The minimum Gasteiger partial charge on any atom is -0.473 e. The average molecular weight is 395 g/mol. The highest BCUT2D eigenvalue weighted by atomic mass is 16.5. The maximum Gasteiger partial charge on any atom is 0.360 e. The van der Waals surface area contributed by atoms with Crippen molar-refractivity contribution >= 4 is 11.7 Å². The Hall–Kier alpha value is -3.66. The molecule has 0 saturated carbocycles. The number of esters is 1. The molecule has 5 rings (SSSR count). The molecule has 0 saturated heterocycles. The largest absolute Gasteiger partial charge is 0.473 e. The van der Waals surface area contributed by atoms with Gasteiger partial charge >= 0.3 is 5.97 Å². The number of benzene rings is 3. The summed E-state index contributed by atoms with van der Waals surface area (Å²) in [6, 6.07) is 26.3. The molecule has 1 aliphatic carbocycles. The zero-order valence-electron chi connectivity index (χ0n) is 16.9. The lowest BCUT2D eigenvalue weighted by Gasteiger charge is -2.37. The number of carbonyl (C=O) groups is 1. The molecule has 0 aromatic heterocycles. The molecule has 2 aliphatic rings. The molecule has 1 aliphatic heterocycles. The van der Waals surface area contributed by atoms with Crippen LogP contribution in [0.1, 0.15) is 30.5 Å². The van der Waals surface area contributed by atoms with Crippen molar-refractivity contribution in [3.63, 3.8) is 0 Å². The molecular weight excluding hydrogens is 374 g/mol. The third-order valence-electron chi connectivity index (χ3n) is 5.62. The SMILES string of the molecule is CCOC(=O)C1=C(C)OC2(C(c3ccccc3)=N1)c1ccccc1-c1ccccc12. The Morgan fingerprint density at radius 3 is 2.07 bits per heavy atom. The van der Waals surface area contributed by atoms with Gasteiger partial charge in [-0.15, -0.1) is 0 Å². The van der Waals surface area contributed by atoms with Crippen molar-refractivity contribution in [1.29, 1.82) is 0 Å². The summed E-state index contributed by atoms with van der Waals surface area (Å²) in [6.45, 7) is 3.84. The van der Waals surface area contributed by atoms with Crippen molar-refractivity contribution in [1.82, 2.24) is 0 Å². The zero-order chi connectivity index (χ0) is 20.7. The maximum atomic E-state index is 12.6. The Labute approximate surface area is 175 Å². The molecule has 148 valence electrons. The summed E-state index contributed by atoms with van der Waals surface area (Å²) in [5.74, 6) is -0.0162. The number of hydrogen-bond donors (Lipinski definition) is 0. The first-order valence-electron chi connectivity index (χ1n) is 10.1. The van der Waals surface area contributed by atoms with Gasteiger partial charge in [-0.25, -0.2) is 9.79 Å². The van der Waals surface area contributed by atoms with E-state index in [0.29, 0.717) is 11.5 Å². The van der Waals surface area contributed by atoms with E-state index < -0.39 is 11.6 Å². The van der Waals surface area contributed by atoms with E-state index in [0.717, 1.165) is 27.8 Å². The number of rotatable bonds is 3. The van der Waals surface area contributed by atoms with Gasteiger partial charge in [0.05, 0.1) is 6.61 Å². The minimum atomic E-state index is -0.922. The Balaban J connectivity index is 1.83. The number of aliphatic imine (C=N–C) groups is 1. The highest BCUT2D eigenvalue weighted by Crippen LogP contribution is 2.53. The smallest absolute Gasteiger partial charge is 0.360 e. The van der Waals surface area contributed by atoms with Crippen LogP contribution in [-0.4, -0.2) is 18.3 Å². The maximum absolute atomic E-state index is 12.6. The van der Waals surface area contributed by atoms with Crippen LogP contribution in [0.15, 0.2) is 95.3 Å². The minimum absolute atomic E-state index is 0.211. The van der Waals surface area contributed by atoms with Gasteiger partial charge in [0.2, 0.25) is 5.60 Å². The third-order valence-corrected chi connectivity index (χ3v) is 5.62. The summed E-state index contributed by atoms with van der Waals surface area (Å²) in [4.78, 5) is 17.5. The second kappa shape index (κ2) is 6.99. The van der Waals surface area contributed by atoms with Gasteiger partial charge in [0.25, 0.3) is 0 Å². The monoisotopic (exact) mass is 395 g/mol. The van der Waals surface area contributed by atoms with Crippen LogP contribution in [0.5, 0.6) is 0 Å². The van der Waals surface area contributed by atoms with Crippen LogP contribution in [-0.2, 0) is 19.9 Å². The summed E-state index contributed by atoms with van der Waals surface area (Å²) >= 11 is 0. The van der Waals surface area contributed by atoms with Crippen LogP contribution in [0.3, 0.4) is 0 Å². The topological polar surface area (TPSA) is 47.9 Å². The van der Waals surface area contributed by atoms with Gasteiger partial charge in [0.15, 0.2) is 5.70 Å². The number of hydrogen-bond acceptors (Lipinski definition) is 4. The van der Waals surface area contributed by atoms with Crippen LogP contribution >= 0.6 is 0 Å². The number of fused-ring (bicyclic) bond motifs is 5. The fourth-order valence-electron chi connectivity index (χ4n) is 4.41. The predicted molar refractivity (Wildman–Crippen MR) is 116 cm³/mol. The van der Waals surface area contributed by atoms with Crippen LogP contribution in [0.2, 0.25) is 0 Å². The molecule has 0 bridgehead atoms. The molecule has 3 aromatic carbocycles. The summed E-state index contributed by atoms with van der Waals surface area (Å²) in [5, 5.41) is 0. The Bertz CT molecular complexity index is 1160. The molecule has 4 nitrogen and oxygen atoms in total. The molecule has 0 amide bonds. The molecular formula is C26H21NO3. The zero-order valence-corrected chi connectivity index (χ0v) is 16.9. The number of ether oxygens (including phenoxy) is 2. The van der Waals surface area contributed by atoms with Gasteiger partial charge in [-0.3, -0.25) is 0 Å². The number of carbonyl (C=O) groups excluding carboxylic acids is 1. The van der Waals surface area contributed by atoms with Crippen LogP contribution in [0.4, 0.5) is 0 Å². The highest BCUT2D eigenvalue weighted by molar-refractivity contribution is 6.15. The van der Waals surface area contributed by atoms with Crippen LogP contribution in [0.25, 0.3) is 11.1 Å². The van der Waals surface area contributed by atoms with Gasteiger partial charge in [0.1, 0.15) is 11.5 Å². The van der Waals surface area contributed by atoms with Gasteiger partial charge in [0, 0.05) is 16.7 Å². The molecule has 0 radical (unpaired) electrons. The average Bonchev–Trinajstić information content (AvgIpc) is 3.05. The second-order valence-corrected chi connectivity index (χ2v) is 7.33. The first kappa shape index (κ1) is 18.4. The Morgan fingerprint density at radius 1 is 0.900 bits per heavy atom. The van der Waals surface area contributed by atoms with Crippen LogP contribution in [0, 0.1) is 0 Å². The molecule has 0 N–H and O–H groups in total. The number of allylic oxidation sites excluding steroid dienone is 1. The van der Waals surface area contributed by atoms with Crippen molar-refractivity contribution in [3.8, 4) is 11.1 Å². The van der Waals surface area contributed by atoms with Gasteiger partial charge in [-0.1, -0.05) is 78.9 Å². The lowest BCUT2D eigenvalue weighted by molar-refractivity contribution is -0.139. The van der Waals surface area contributed by atoms with E-state index in [9.17, 15) is 4.79 Å². The van der Waals surface area contributed by atoms with Gasteiger partial charge in [-0.05, 0) is 25.0 Å². The second-order valence-electron chi connectivity index (χ2n) is 7.33. The van der Waals surface area contributed by atoms with E-state index in [-0.39, 0.29) is 12.3 Å². The molecule has 0 unspecified atom stereocenters.